The van der Waals surface area contributed by atoms with Gasteiger partial charge in [0, 0.05) is 19.4 Å². The SMILES string of the molecule is NC(=O)CC[C@H](NC(=O)CCN1C(=O)/C(=C\C=C\c2ccccc2)SC1=S)C(=O)O. The number of hydrogen-bond donors (Lipinski definition) is 3. The van der Waals surface area contributed by atoms with Crippen LogP contribution in [0.3, 0.4) is 0 Å². The number of benzene rings is 1. The Hall–Kier alpha value is -2.98. The number of amides is 3. The summed E-state index contributed by atoms with van der Waals surface area (Å²) in [5.74, 6) is -2.78. The molecule has 1 atom stereocenters. The van der Waals surface area contributed by atoms with Crippen LogP contribution >= 0.6 is 24.0 Å². The predicted molar refractivity (Wildman–Crippen MR) is 118 cm³/mol. The Morgan fingerprint density at radius 1 is 1.23 bits per heavy atom. The Balaban J connectivity index is 1.89. The van der Waals surface area contributed by atoms with Gasteiger partial charge < -0.3 is 16.2 Å². The highest BCUT2D eigenvalue weighted by Crippen LogP contribution is 2.31. The molecular formula is C20H21N3O5S2. The van der Waals surface area contributed by atoms with E-state index in [4.69, 9.17) is 23.1 Å². The van der Waals surface area contributed by atoms with Crippen LogP contribution in [0.2, 0.25) is 0 Å². The van der Waals surface area contributed by atoms with E-state index in [2.05, 4.69) is 5.32 Å². The van der Waals surface area contributed by atoms with E-state index in [0.717, 1.165) is 17.3 Å². The van der Waals surface area contributed by atoms with Gasteiger partial charge in [-0.2, -0.15) is 0 Å². The largest absolute Gasteiger partial charge is 0.480 e. The number of carbonyl (C=O) groups excluding carboxylic acids is 3. The first-order valence-corrected chi connectivity index (χ1v) is 10.3. The summed E-state index contributed by atoms with van der Waals surface area (Å²) in [5.41, 5.74) is 6.00. The Kier molecular flexibility index (Phi) is 8.75. The third kappa shape index (κ3) is 7.12. The smallest absolute Gasteiger partial charge is 0.326 e. The molecule has 0 bridgehead atoms. The lowest BCUT2D eigenvalue weighted by Gasteiger charge is -2.16. The van der Waals surface area contributed by atoms with Crippen molar-refractivity contribution < 1.29 is 24.3 Å². The number of nitrogens with zero attached hydrogens (tertiary/aromatic N) is 1. The third-order valence-corrected chi connectivity index (χ3v) is 5.48. The molecule has 0 saturated carbocycles. The minimum Gasteiger partial charge on any atom is -0.480 e. The average molecular weight is 448 g/mol. The summed E-state index contributed by atoms with van der Waals surface area (Å²) in [6, 6.07) is 8.37. The van der Waals surface area contributed by atoms with Gasteiger partial charge in [-0.15, -0.1) is 0 Å². The highest BCUT2D eigenvalue weighted by molar-refractivity contribution is 8.26. The predicted octanol–water partition coefficient (Wildman–Crippen LogP) is 1.67. The number of primary amides is 1. The van der Waals surface area contributed by atoms with Gasteiger partial charge >= 0.3 is 5.97 Å². The number of aliphatic carboxylic acids is 1. The number of rotatable bonds is 10. The van der Waals surface area contributed by atoms with Gasteiger partial charge in [0.2, 0.25) is 11.8 Å². The van der Waals surface area contributed by atoms with Gasteiger partial charge in [0.15, 0.2) is 0 Å². The molecule has 1 aliphatic rings. The number of carboxylic acid groups (broad SMARTS) is 1. The average Bonchev–Trinajstić information content (AvgIpc) is 2.97. The molecule has 1 aromatic carbocycles. The van der Waals surface area contributed by atoms with Gasteiger partial charge in [0.05, 0.1) is 4.91 Å². The van der Waals surface area contributed by atoms with Crippen LogP contribution in [0.1, 0.15) is 24.8 Å². The minimum absolute atomic E-state index is 0.0262. The van der Waals surface area contributed by atoms with Crippen LogP contribution in [-0.2, 0) is 19.2 Å². The summed E-state index contributed by atoms with van der Waals surface area (Å²) in [4.78, 5) is 48.3. The van der Waals surface area contributed by atoms with E-state index in [-0.39, 0.29) is 31.7 Å². The molecule has 4 N–H and O–H groups in total. The van der Waals surface area contributed by atoms with E-state index in [1.807, 2.05) is 36.4 Å². The Morgan fingerprint density at radius 2 is 1.93 bits per heavy atom. The fourth-order valence-electron chi connectivity index (χ4n) is 2.54. The maximum atomic E-state index is 12.5. The van der Waals surface area contributed by atoms with E-state index in [9.17, 15) is 19.2 Å². The number of nitrogens with two attached hydrogens (primary N) is 1. The van der Waals surface area contributed by atoms with Crippen molar-refractivity contribution in [2.24, 2.45) is 5.73 Å². The van der Waals surface area contributed by atoms with Gasteiger partial charge in [-0.25, -0.2) is 4.79 Å². The fourth-order valence-corrected chi connectivity index (χ4v) is 3.80. The molecule has 1 aromatic rings. The number of carbonyl (C=O) groups is 4. The molecule has 0 spiro atoms. The van der Waals surface area contributed by atoms with Crippen LogP contribution in [0, 0.1) is 0 Å². The highest BCUT2D eigenvalue weighted by atomic mass is 32.2. The second-order valence-corrected chi connectivity index (χ2v) is 8.01. The zero-order chi connectivity index (χ0) is 22.1. The van der Waals surface area contributed by atoms with Gasteiger partial charge in [0.25, 0.3) is 5.91 Å². The number of carboxylic acids is 1. The summed E-state index contributed by atoms with van der Waals surface area (Å²) in [6.45, 7) is 0.0262. The monoisotopic (exact) mass is 447 g/mol. The fraction of sp³-hybridized carbons (Fsp3) is 0.250. The lowest BCUT2D eigenvalue weighted by Crippen LogP contribution is -2.42. The third-order valence-electron chi connectivity index (χ3n) is 4.08. The van der Waals surface area contributed by atoms with Crippen molar-refractivity contribution in [2.75, 3.05) is 6.54 Å². The molecule has 0 radical (unpaired) electrons. The molecule has 0 aliphatic carbocycles. The molecule has 10 heteroatoms. The Morgan fingerprint density at radius 3 is 2.57 bits per heavy atom. The molecule has 30 heavy (non-hydrogen) atoms. The van der Waals surface area contributed by atoms with Crippen molar-refractivity contribution in [3.63, 3.8) is 0 Å². The number of thioether (sulfide) groups is 1. The molecule has 1 heterocycles. The highest BCUT2D eigenvalue weighted by Gasteiger charge is 2.32. The van der Waals surface area contributed by atoms with Crippen molar-refractivity contribution >= 4 is 58.1 Å². The van der Waals surface area contributed by atoms with Crippen LogP contribution in [-0.4, -0.2) is 50.6 Å². The summed E-state index contributed by atoms with van der Waals surface area (Å²) < 4.78 is 0.329. The normalized spacial score (nSPS) is 16.3. The summed E-state index contributed by atoms with van der Waals surface area (Å²) >= 11 is 6.36. The van der Waals surface area contributed by atoms with Crippen LogP contribution in [0.25, 0.3) is 6.08 Å². The molecule has 8 nitrogen and oxygen atoms in total. The number of nitrogens with one attached hydrogen (secondary N) is 1. The van der Waals surface area contributed by atoms with Crippen molar-refractivity contribution in [3.05, 3.63) is 53.0 Å². The first-order valence-electron chi connectivity index (χ1n) is 9.05. The Bertz CT molecular complexity index is 899. The number of thiocarbonyl (C=S) groups is 1. The molecule has 2 rings (SSSR count). The summed E-state index contributed by atoms with van der Waals surface area (Å²) in [5, 5.41) is 11.5. The molecule has 0 unspecified atom stereocenters. The zero-order valence-electron chi connectivity index (χ0n) is 15.9. The van der Waals surface area contributed by atoms with E-state index >= 15 is 0 Å². The van der Waals surface area contributed by atoms with Gasteiger partial charge in [-0.1, -0.05) is 66.5 Å². The van der Waals surface area contributed by atoms with Crippen molar-refractivity contribution in [2.45, 2.75) is 25.3 Å². The van der Waals surface area contributed by atoms with Crippen LogP contribution < -0.4 is 11.1 Å². The van der Waals surface area contributed by atoms with Crippen molar-refractivity contribution in [1.82, 2.24) is 10.2 Å². The van der Waals surface area contributed by atoms with Gasteiger partial charge in [-0.05, 0) is 18.1 Å². The molecule has 158 valence electrons. The van der Waals surface area contributed by atoms with E-state index in [0.29, 0.717) is 9.23 Å². The number of allylic oxidation sites excluding steroid dienone is 2. The van der Waals surface area contributed by atoms with Crippen LogP contribution in [0.5, 0.6) is 0 Å². The topological polar surface area (TPSA) is 130 Å². The van der Waals surface area contributed by atoms with E-state index in [1.54, 1.807) is 12.2 Å². The van der Waals surface area contributed by atoms with Crippen LogP contribution in [0.15, 0.2) is 47.4 Å². The standard InChI is InChI=1S/C20H21N3O5S2/c21-16(24)10-9-14(19(27)28)22-17(25)11-12-23-18(26)15(30-20(23)29)8-4-7-13-5-2-1-3-6-13/h1-8,14H,9-12H2,(H2,21,24)(H,22,25)(H,27,28)/b7-4+,15-8+/t14-/m0/s1. The molecular weight excluding hydrogens is 426 g/mol. The lowest BCUT2D eigenvalue weighted by molar-refractivity contribution is -0.142. The minimum atomic E-state index is -1.26. The second-order valence-electron chi connectivity index (χ2n) is 6.34. The van der Waals surface area contributed by atoms with Crippen LogP contribution in [0.4, 0.5) is 0 Å². The maximum Gasteiger partial charge on any atom is 0.326 e. The molecule has 0 aromatic heterocycles. The second kappa shape index (κ2) is 11.3. The molecule has 1 saturated heterocycles. The van der Waals surface area contributed by atoms with E-state index in [1.165, 1.54) is 4.90 Å². The van der Waals surface area contributed by atoms with Gasteiger partial charge in [-0.3, -0.25) is 19.3 Å². The first kappa shape index (κ1) is 23.3. The molecule has 3 amide bonds. The zero-order valence-corrected chi connectivity index (χ0v) is 17.6. The van der Waals surface area contributed by atoms with Crippen molar-refractivity contribution in [1.29, 1.82) is 0 Å². The maximum absolute atomic E-state index is 12.5. The quantitative estimate of drug-likeness (QED) is 0.367. The molecule has 1 aliphatic heterocycles. The summed E-state index contributed by atoms with van der Waals surface area (Å²) in [6.07, 6.45) is 4.89. The lowest BCUT2D eigenvalue weighted by atomic mass is 10.1. The number of hydrogen-bond acceptors (Lipinski definition) is 6. The Labute approximate surface area is 183 Å². The van der Waals surface area contributed by atoms with Crippen molar-refractivity contribution in [3.8, 4) is 0 Å². The summed E-state index contributed by atoms with van der Waals surface area (Å²) in [7, 11) is 0. The first-order chi connectivity index (χ1) is 14.3. The molecule has 1 fully saturated rings. The van der Waals surface area contributed by atoms with E-state index < -0.39 is 23.8 Å². The van der Waals surface area contributed by atoms with Gasteiger partial charge in [0.1, 0.15) is 10.4 Å².